The van der Waals surface area contributed by atoms with Crippen molar-refractivity contribution >= 4 is 28.7 Å². The Kier molecular flexibility index (Phi) is 3.48. The minimum Gasteiger partial charge on any atom is -0.397 e. The summed E-state index contributed by atoms with van der Waals surface area (Å²) < 4.78 is 0. The molecule has 3 heteroatoms. The summed E-state index contributed by atoms with van der Waals surface area (Å²) in [6, 6.07) is 11.9. The van der Waals surface area contributed by atoms with Gasteiger partial charge >= 0.3 is 0 Å². The van der Waals surface area contributed by atoms with Crippen LogP contribution in [0.4, 0.5) is 17.1 Å². The second-order valence-corrected chi connectivity index (χ2v) is 4.99. The molecule has 0 spiro atoms. The molecular formula is C15H17ClN2. The molecule has 2 rings (SSSR count). The Bertz CT molecular complexity index is 579. The van der Waals surface area contributed by atoms with Crippen molar-refractivity contribution in [3.05, 3.63) is 52.5 Å². The van der Waals surface area contributed by atoms with Crippen molar-refractivity contribution in [2.45, 2.75) is 13.8 Å². The average molecular weight is 261 g/mol. The number of nitrogens with two attached hydrogens (primary N) is 1. The molecule has 18 heavy (non-hydrogen) atoms. The summed E-state index contributed by atoms with van der Waals surface area (Å²) in [6.45, 7) is 4.18. The highest BCUT2D eigenvalue weighted by Crippen LogP contribution is 2.33. The first-order chi connectivity index (χ1) is 8.49. The molecule has 0 radical (unpaired) electrons. The number of anilines is 3. The van der Waals surface area contributed by atoms with E-state index < -0.39 is 0 Å². The van der Waals surface area contributed by atoms with Crippen molar-refractivity contribution in [3.63, 3.8) is 0 Å². The van der Waals surface area contributed by atoms with Gasteiger partial charge in [-0.05, 0) is 43.7 Å². The number of nitrogens with zero attached hydrogens (tertiary/aromatic N) is 1. The van der Waals surface area contributed by atoms with Crippen LogP contribution in [0.15, 0.2) is 36.4 Å². The van der Waals surface area contributed by atoms with E-state index in [0.717, 1.165) is 17.1 Å². The van der Waals surface area contributed by atoms with E-state index in [1.807, 2.05) is 19.2 Å². The first-order valence-corrected chi connectivity index (χ1v) is 6.23. The number of rotatable bonds is 2. The average Bonchev–Trinajstić information content (AvgIpc) is 2.31. The van der Waals surface area contributed by atoms with Gasteiger partial charge in [0, 0.05) is 17.8 Å². The van der Waals surface area contributed by atoms with Gasteiger partial charge in [-0.25, -0.2) is 0 Å². The smallest absolute Gasteiger partial charge is 0.0656 e. The lowest BCUT2D eigenvalue weighted by Crippen LogP contribution is -2.12. The highest BCUT2D eigenvalue weighted by Gasteiger charge is 2.10. The van der Waals surface area contributed by atoms with Gasteiger partial charge in [0.25, 0.3) is 0 Å². The largest absolute Gasteiger partial charge is 0.397 e. The minimum atomic E-state index is 0.691. The number of aryl methyl sites for hydroxylation is 2. The number of hydrogen-bond acceptors (Lipinski definition) is 2. The second kappa shape index (κ2) is 4.91. The Morgan fingerprint density at radius 1 is 1.00 bits per heavy atom. The van der Waals surface area contributed by atoms with Crippen LogP contribution in [0.2, 0.25) is 5.02 Å². The normalized spacial score (nSPS) is 10.4. The topological polar surface area (TPSA) is 29.3 Å². The monoisotopic (exact) mass is 260 g/mol. The highest BCUT2D eigenvalue weighted by atomic mass is 35.5. The van der Waals surface area contributed by atoms with Gasteiger partial charge in [-0.1, -0.05) is 29.3 Å². The lowest BCUT2D eigenvalue weighted by molar-refractivity contribution is 1.18. The minimum absolute atomic E-state index is 0.691. The van der Waals surface area contributed by atoms with Crippen LogP contribution in [0.1, 0.15) is 11.1 Å². The van der Waals surface area contributed by atoms with Crippen LogP contribution in [0.5, 0.6) is 0 Å². The van der Waals surface area contributed by atoms with E-state index in [1.54, 1.807) is 6.07 Å². The van der Waals surface area contributed by atoms with E-state index in [4.69, 9.17) is 17.3 Å². The van der Waals surface area contributed by atoms with Crippen molar-refractivity contribution in [3.8, 4) is 0 Å². The lowest BCUT2D eigenvalue weighted by atomic mass is 10.1. The SMILES string of the molecule is Cc1ccc(N(C)c2cc(Cl)ccc2N)c(C)c1. The van der Waals surface area contributed by atoms with Crippen molar-refractivity contribution in [2.75, 3.05) is 17.7 Å². The first kappa shape index (κ1) is 12.8. The highest BCUT2D eigenvalue weighted by molar-refractivity contribution is 6.31. The van der Waals surface area contributed by atoms with Gasteiger partial charge in [0.1, 0.15) is 0 Å². The Labute approximate surface area is 113 Å². The van der Waals surface area contributed by atoms with Crippen molar-refractivity contribution in [2.24, 2.45) is 0 Å². The Balaban J connectivity index is 2.47. The van der Waals surface area contributed by atoms with E-state index in [0.29, 0.717) is 5.02 Å². The molecule has 0 amide bonds. The van der Waals surface area contributed by atoms with Gasteiger partial charge in [0.15, 0.2) is 0 Å². The van der Waals surface area contributed by atoms with Crippen LogP contribution in [0.3, 0.4) is 0 Å². The number of benzene rings is 2. The summed E-state index contributed by atoms with van der Waals surface area (Å²) in [4.78, 5) is 2.07. The van der Waals surface area contributed by atoms with Crippen LogP contribution in [0, 0.1) is 13.8 Å². The molecule has 2 aromatic rings. The Hall–Kier alpha value is -1.67. The van der Waals surface area contributed by atoms with E-state index >= 15 is 0 Å². The molecule has 2 nitrogen and oxygen atoms in total. The summed E-state index contributed by atoms with van der Waals surface area (Å²) in [7, 11) is 2.00. The van der Waals surface area contributed by atoms with Crippen LogP contribution < -0.4 is 10.6 Å². The van der Waals surface area contributed by atoms with Crippen LogP contribution in [-0.4, -0.2) is 7.05 Å². The molecule has 0 saturated heterocycles. The molecular weight excluding hydrogens is 244 g/mol. The van der Waals surface area contributed by atoms with Crippen molar-refractivity contribution in [1.29, 1.82) is 0 Å². The van der Waals surface area contributed by atoms with Crippen molar-refractivity contribution < 1.29 is 0 Å². The molecule has 0 saturated carbocycles. The molecule has 0 aromatic heterocycles. The molecule has 0 aliphatic rings. The molecule has 0 aliphatic carbocycles. The maximum atomic E-state index is 6.03. The maximum Gasteiger partial charge on any atom is 0.0656 e. The number of nitrogen functional groups attached to an aromatic ring is 1. The van der Waals surface area contributed by atoms with Gasteiger partial charge < -0.3 is 10.6 Å². The number of hydrogen-bond donors (Lipinski definition) is 1. The Morgan fingerprint density at radius 2 is 1.72 bits per heavy atom. The van der Waals surface area contributed by atoms with E-state index in [9.17, 15) is 0 Å². The standard InChI is InChI=1S/C15H17ClN2/c1-10-4-7-14(11(2)8-10)18(3)15-9-12(16)5-6-13(15)17/h4-9H,17H2,1-3H3. The molecule has 2 N–H and O–H groups in total. The quantitative estimate of drug-likeness (QED) is 0.816. The molecule has 2 aromatic carbocycles. The zero-order valence-corrected chi connectivity index (χ0v) is 11.6. The lowest BCUT2D eigenvalue weighted by Gasteiger charge is -2.23. The van der Waals surface area contributed by atoms with Crippen LogP contribution >= 0.6 is 11.6 Å². The third-order valence-electron chi connectivity index (χ3n) is 3.07. The molecule has 0 aliphatic heterocycles. The van der Waals surface area contributed by atoms with Crippen molar-refractivity contribution in [1.82, 2.24) is 0 Å². The fourth-order valence-electron chi connectivity index (χ4n) is 2.12. The summed E-state index contributed by atoms with van der Waals surface area (Å²) >= 11 is 6.03. The molecule has 0 unspecified atom stereocenters. The van der Waals surface area contributed by atoms with Crippen LogP contribution in [0.25, 0.3) is 0 Å². The predicted octanol–water partition coefficient (Wildman–Crippen LogP) is 4.31. The van der Waals surface area contributed by atoms with Gasteiger partial charge in [0.2, 0.25) is 0 Å². The number of halogens is 1. The van der Waals surface area contributed by atoms with Crippen LogP contribution in [-0.2, 0) is 0 Å². The van der Waals surface area contributed by atoms with Gasteiger partial charge in [-0.15, -0.1) is 0 Å². The maximum absolute atomic E-state index is 6.03. The zero-order chi connectivity index (χ0) is 13.3. The molecule has 0 heterocycles. The third-order valence-corrected chi connectivity index (χ3v) is 3.30. The van der Waals surface area contributed by atoms with E-state index in [1.165, 1.54) is 11.1 Å². The summed E-state index contributed by atoms with van der Waals surface area (Å²) in [5.74, 6) is 0. The van der Waals surface area contributed by atoms with Gasteiger partial charge in [0.05, 0.1) is 11.4 Å². The fourth-order valence-corrected chi connectivity index (χ4v) is 2.29. The predicted molar refractivity (Wildman–Crippen MR) is 79.8 cm³/mol. The molecule has 94 valence electrons. The zero-order valence-electron chi connectivity index (χ0n) is 10.9. The third kappa shape index (κ3) is 2.44. The van der Waals surface area contributed by atoms with E-state index in [-0.39, 0.29) is 0 Å². The van der Waals surface area contributed by atoms with Gasteiger partial charge in [-0.3, -0.25) is 0 Å². The first-order valence-electron chi connectivity index (χ1n) is 5.85. The van der Waals surface area contributed by atoms with E-state index in [2.05, 4.69) is 36.9 Å². The molecule has 0 fully saturated rings. The molecule has 0 bridgehead atoms. The second-order valence-electron chi connectivity index (χ2n) is 4.55. The molecule has 0 atom stereocenters. The Morgan fingerprint density at radius 3 is 2.39 bits per heavy atom. The summed E-state index contributed by atoms with van der Waals surface area (Å²) in [5.41, 5.74) is 11.3. The fraction of sp³-hybridized carbons (Fsp3) is 0.200. The van der Waals surface area contributed by atoms with Gasteiger partial charge in [-0.2, -0.15) is 0 Å². The summed E-state index contributed by atoms with van der Waals surface area (Å²) in [5, 5.41) is 0.691. The summed E-state index contributed by atoms with van der Waals surface area (Å²) in [6.07, 6.45) is 0.